The Morgan fingerprint density at radius 2 is 1.95 bits per heavy atom. The average molecular weight is 407 g/mol. The minimum atomic E-state index is -2.02. The van der Waals surface area contributed by atoms with Crippen LogP contribution in [0.4, 0.5) is 0 Å². The zero-order valence-corrected chi connectivity index (χ0v) is 16.1. The average Bonchev–Trinajstić information content (AvgIpc) is 2.78. The van der Waals surface area contributed by atoms with Crippen LogP contribution in [0.3, 0.4) is 0 Å². The van der Waals surface area contributed by atoms with Crippen molar-refractivity contribution in [2.24, 2.45) is 28.9 Å². The number of halogens is 1. The van der Waals surface area contributed by atoms with Crippen LogP contribution >= 0.6 is 19.8 Å². The molecule has 4 heteroatoms. The first kappa shape index (κ1) is 18.7. The quantitative estimate of drug-likeness (QED) is 0.315. The normalized spacial score (nSPS) is 25.9. The number of hydrogen-bond donors (Lipinski definition) is 1. The summed E-state index contributed by atoms with van der Waals surface area (Å²) in [6.45, 7) is 14.4. The number of nitrogens with two attached hydrogens (primary N) is 1. The molecule has 1 saturated heterocycles. The summed E-state index contributed by atoms with van der Waals surface area (Å²) in [6.07, 6.45) is 3.53. The van der Waals surface area contributed by atoms with Crippen LogP contribution in [-0.4, -0.2) is 18.0 Å². The van der Waals surface area contributed by atoms with Gasteiger partial charge in [-0.3, -0.25) is 0 Å². The molecular formula is C17H30INO2. The third-order valence-electron chi connectivity index (χ3n) is 4.39. The molecule has 0 bridgehead atoms. The van der Waals surface area contributed by atoms with Gasteiger partial charge in [0.15, 0.2) is 0 Å². The monoisotopic (exact) mass is 407 g/mol. The molecule has 0 aliphatic carbocycles. The predicted molar refractivity (Wildman–Crippen MR) is 97.6 cm³/mol. The second kappa shape index (κ2) is 7.25. The van der Waals surface area contributed by atoms with Crippen LogP contribution in [0.1, 0.15) is 47.5 Å². The molecule has 0 aromatic carbocycles. The first-order chi connectivity index (χ1) is 9.61. The summed E-state index contributed by atoms with van der Waals surface area (Å²) in [7, 11) is 0. The van der Waals surface area contributed by atoms with Gasteiger partial charge in [0.05, 0.1) is 0 Å². The van der Waals surface area contributed by atoms with E-state index in [1.54, 1.807) is 0 Å². The number of allylic oxidation sites excluding steroid dienone is 1. The fourth-order valence-corrected chi connectivity index (χ4v) is 11.5. The van der Waals surface area contributed by atoms with Crippen LogP contribution < -0.4 is 5.73 Å². The van der Waals surface area contributed by atoms with Gasteiger partial charge in [-0.25, -0.2) is 0 Å². The summed E-state index contributed by atoms with van der Waals surface area (Å²) in [5.41, 5.74) is 5.58. The fraction of sp³-hybridized carbons (Fsp3) is 0.765. The number of alkyl halides is 2. The number of primary amides is 1. The molecule has 3 nitrogen and oxygen atoms in total. The van der Waals surface area contributed by atoms with Crippen LogP contribution in [0.25, 0.3) is 0 Å². The van der Waals surface area contributed by atoms with Gasteiger partial charge in [0.1, 0.15) is 0 Å². The van der Waals surface area contributed by atoms with Crippen molar-refractivity contribution in [2.45, 2.75) is 51.4 Å². The molecule has 1 aliphatic rings. The second-order valence-electron chi connectivity index (χ2n) is 7.33. The van der Waals surface area contributed by atoms with Crippen LogP contribution in [-0.2, 0) is 9.59 Å². The summed E-state index contributed by atoms with van der Waals surface area (Å²) >= 11 is -2.02. The molecule has 0 aromatic rings. The van der Waals surface area contributed by atoms with Crippen molar-refractivity contribution in [2.75, 3.05) is 4.43 Å². The molecule has 122 valence electrons. The maximum absolute atomic E-state index is 13.1. The van der Waals surface area contributed by atoms with Crippen molar-refractivity contribution < 1.29 is 9.59 Å². The van der Waals surface area contributed by atoms with E-state index in [0.29, 0.717) is 22.0 Å². The molecule has 21 heavy (non-hydrogen) atoms. The molecule has 2 N–H and O–H groups in total. The van der Waals surface area contributed by atoms with Gasteiger partial charge in [-0.2, -0.15) is 0 Å². The first-order valence-corrected chi connectivity index (χ1v) is 11.5. The van der Waals surface area contributed by atoms with E-state index in [-0.39, 0.29) is 21.2 Å². The standard InChI is InChI=1S/C17H30INO2/c1-7-8-13(17(4,5)6)15(20)18-10-9-12(11(2)3)14(18)16(19)21/h7,11-14H,1,8-10H2,2-6H3,(H2,19,21)/t12-,13?,14?/m1/s1. The topological polar surface area (TPSA) is 60.2 Å². The number of carbonyl (C=O) groups is 2. The van der Waals surface area contributed by atoms with Gasteiger partial charge in [0.2, 0.25) is 0 Å². The first-order valence-electron chi connectivity index (χ1n) is 7.69. The van der Waals surface area contributed by atoms with E-state index in [9.17, 15) is 9.59 Å². The third kappa shape index (κ3) is 4.30. The van der Waals surface area contributed by atoms with Crippen LogP contribution in [0.15, 0.2) is 12.7 Å². The molecule has 0 radical (unpaired) electrons. The Kier molecular flexibility index (Phi) is 6.44. The molecule has 0 aromatic heterocycles. The Labute approximate surface area is 136 Å². The van der Waals surface area contributed by atoms with Gasteiger partial charge < -0.3 is 0 Å². The Morgan fingerprint density at radius 1 is 1.38 bits per heavy atom. The van der Waals surface area contributed by atoms with E-state index in [1.165, 1.54) is 0 Å². The summed E-state index contributed by atoms with van der Waals surface area (Å²) in [5.74, 6) is 0.468. The van der Waals surface area contributed by atoms with Gasteiger partial charge in [-0.05, 0) is 0 Å². The maximum atomic E-state index is 13.1. The number of hydrogen-bond acceptors (Lipinski definition) is 2. The van der Waals surface area contributed by atoms with Gasteiger partial charge in [-0.15, -0.1) is 0 Å². The van der Waals surface area contributed by atoms with Crippen molar-refractivity contribution in [1.29, 1.82) is 0 Å². The van der Waals surface area contributed by atoms with E-state index < -0.39 is 19.8 Å². The van der Waals surface area contributed by atoms with E-state index in [1.807, 2.05) is 6.08 Å². The van der Waals surface area contributed by atoms with E-state index in [4.69, 9.17) is 5.73 Å². The SMILES string of the molecule is C=CCC(C(=O)I1CC[C@H](C(C)C)C1C(N)=O)C(C)(C)C. The van der Waals surface area contributed by atoms with Crippen molar-refractivity contribution in [3.8, 4) is 0 Å². The van der Waals surface area contributed by atoms with Gasteiger partial charge >= 0.3 is 136 Å². The minimum absolute atomic E-state index is 0.0204. The molecule has 0 saturated carbocycles. The second-order valence-corrected chi connectivity index (χ2v) is 13.1. The molecule has 1 amide bonds. The Morgan fingerprint density at radius 3 is 2.33 bits per heavy atom. The molecule has 1 rings (SSSR count). The Balaban J connectivity index is 3.04. The van der Waals surface area contributed by atoms with E-state index in [0.717, 1.165) is 10.8 Å². The number of rotatable bonds is 6. The summed E-state index contributed by atoms with van der Waals surface area (Å²) in [6, 6.07) is 0. The number of amides is 1. The molecule has 0 spiro atoms. The van der Waals surface area contributed by atoms with Gasteiger partial charge in [0, 0.05) is 0 Å². The summed E-state index contributed by atoms with van der Waals surface area (Å²) < 4.78 is 1.16. The van der Waals surface area contributed by atoms with Crippen molar-refractivity contribution >= 4 is 29.5 Å². The van der Waals surface area contributed by atoms with Crippen molar-refractivity contribution in [3.05, 3.63) is 12.7 Å². The van der Waals surface area contributed by atoms with E-state index >= 15 is 0 Å². The molecule has 1 heterocycles. The van der Waals surface area contributed by atoms with Crippen LogP contribution in [0, 0.1) is 23.2 Å². The van der Waals surface area contributed by atoms with Crippen LogP contribution in [0.2, 0.25) is 0 Å². The fourth-order valence-electron chi connectivity index (χ4n) is 3.05. The number of carbonyl (C=O) groups excluding carboxylic acids is 2. The third-order valence-corrected chi connectivity index (χ3v) is 11.5. The van der Waals surface area contributed by atoms with Gasteiger partial charge in [0.25, 0.3) is 0 Å². The Bertz CT molecular complexity index is 412. The summed E-state index contributed by atoms with van der Waals surface area (Å²) in [4.78, 5) is 25.0. The van der Waals surface area contributed by atoms with Gasteiger partial charge in [-0.1, -0.05) is 0 Å². The van der Waals surface area contributed by atoms with Crippen molar-refractivity contribution in [1.82, 2.24) is 0 Å². The molecule has 1 aliphatic heterocycles. The predicted octanol–water partition coefficient (Wildman–Crippen LogP) is 3.79. The van der Waals surface area contributed by atoms with E-state index in [2.05, 4.69) is 41.2 Å². The zero-order chi connectivity index (χ0) is 16.4. The molecular weight excluding hydrogens is 377 g/mol. The molecule has 3 atom stereocenters. The zero-order valence-electron chi connectivity index (χ0n) is 14.0. The molecule has 1 fully saturated rings. The van der Waals surface area contributed by atoms with Crippen LogP contribution in [0.5, 0.6) is 0 Å². The summed E-state index contributed by atoms with van der Waals surface area (Å²) in [5, 5.41) is 0. The Hall–Kier alpha value is -0.390. The van der Waals surface area contributed by atoms with Crippen molar-refractivity contribution in [3.63, 3.8) is 0 Å². The molecule has 2 unspecified atom stereocenters.